The van der Waals surface area contributed by atoms with Crippen molar-refractivity contribution in [3.05, 3.63) is 24.3 Å². The summed E-state index contributed by atoms with van der Waals surface area (Å²) < 4.78 is 29.5. The first kappa shape index (κ1) is 17.0. The van der Waals surface area contributed by atoms with Gasteiger partial charge in [0.25, 0.3) is 0 Å². The molecule has 4 nitrogen and oxygen atoms in total. The van der Waals surface area contributed by atoms with Crippen molar-refractivity contribution in [1.82, 2.24) is 0 Å². The minimum atomic E-state index is -0.652. The van der Waals surface area contributed by atoms with Crippen LogP contribution in [-0.2, 0) is 20.1 Å². The Bertz CT molecular complexity index is 559. The van der Waals surface area contributed by atoms with Crippen molar-refractivity contribution in [2.24, 2.45) is 0 Å². The molecule has 126 valence electrons. The number of benzene rings is 1. The second-order valence-electron chi connectivity index (χ2n) is 7.32. The fourth-order valence-corrected chi connectivity index (χ4v) is 4.02. The van der Waals surface area contributed by atoms with E-state index in [1.54, 1.807) is 0 Å². The fraction of sp³-hybridized carbons (Fsp3) is 0.647. The summed E-state index contributed by atoms with van der Waals surface area (Å²) in [4.78, 5) is 0. The monoisotopic (exact) mass is 336 g/mol. The van der Waals surface area contributed by atoms with Gasteiger partial charge in [0.05, 0.1) is 11.2 Å². The molecule has 0 radical (unpaired) electrons. The molecule has 0 bridgehead atoms. The molecule has 2 fully saturated rings. The van der Waals surface area contributed by atoms with Gasteiger partial charge in [-0.2, -0.15) is 0 Å². The van der Waals surface area contributed by atoms with Gasteiger partial charge in [-0.05, 0) is 58.1 Å². The Hall–Kier alpha value is -0.845. The highest BCUT2D eigenvalue weighted by Gasteiger charge is 2.51. The van der Waals surface area contributed by atoms with Gasteiger partial charge in [-0.3, -0.25) is 4.21 Å². The van der Waals surface area contributed by atoms with Crippen molar-refractivity contribution >= 4 is 23.4 Å². The Labute approximate surface area is 141 Å². The van der Waals surface area contributed by atoms with Gasteiger partial charge in [0.15, 0.2) is 0 Å². The molecule has 6 heteroatoms. The van der Waals surface area contributed by atoms with Gasteiger partial charge in [-0.15, -0.1) is 0 Å². The van der Waals surface area contributed by atoms with E-state index in [1.165, 1.54) is 0 Å². The number of hydrogen-bond acceptors (Lipinski definition) is 4. The van der Waals surface area contributed by atoms with E-state index < -0.39 is 10.8 Å². The van der Waals surface area contributed by atoms with E-state index in [0.717, 1.165) is 35.6 Å². The maximum absolute atomic E-state index is 11.4. The maximum atomic E-state index is 11.4. The van der Waals surface area contributed by atoms with Crippen LogP contribution in [0.2, 0.25) is 0 Å². The summed E-state index contributed by atoms with van der Waals surface area (Å²) in [5, 5.41) is 0. The molecule has 0 saturated carbocycles. The number of ether oxygens (including phenoxy) is 1. The highest BCUT2D eigenvalue weighted by Crippen LogP contribution is 2.36. The molecular formula is C17H25BO4S. The molecule has 0 unspecified atom stereocenters. The SMILES string of the molecule is CC1(C)OB(c2ccc(OC3CCS(=O)CC3)cc2)OC1(C)C. The van der Waals surface area contributed by atoms with Crippen LogP contribution in [-0.4, -0.2) is 40.1 Å². The van der Waals surface area contributed by atoms with Gasteiger partial charge >= 0.3 is 7.12 Å². The predicted molar refractivity (Wildman–Crippen MR) is 93.7 cm³/mol. The first-order chi connectivity index (χ1) is 10.8. The minimum Gasteiger partial charge on any atom is -0.490 e. The van der Waals surface area contributed by atoms with E-state index in [4.69, 9.17) is 14.0 Å². The third-order valence-corrected chi connectivity index (χ3v) is 6.43. The molecule has 2 aliphatic heterocycles. The summed E-state index contributed by atoms with van der Waals surface area (Å²) in [5.74, 6) is 2.34. The van der Waals surface area contributed by atoms with Crippen LogP contribution in [0, 0.1) is 0 Å². The molecule has 2 heterocycles. The quantitative estimate of drug-likeness (QED) is 0.795. The first-order valence-corrected chi connectivity index (χ1v) is 9.73. The highest BCUT2D eigenvalue weighted by molar-refractivity contribution is 7.85. The lowest BCUT2D eigenvalue weighted by atomic mass is 9.79. The molecule has 0 atom stereocenters. The molecule has 0 spiro atoms. The standard InChI is InChI=1S/C17H25BO4S/c1-16(2)17(3,4)22-18(21-16)13-5-7-14(8-6-13)20-15-9-11-23(19)12-10-15/h5-8,15H,9-12H2,1-4H3. The zero-order valence-electron chi connectivity index (χ0n) is 14.3. The van der Waals surface area contributed by atoms with Crippen LogP contribution >= 0.6 is 0 Å². The summed E-state index contributed by atoms with van der Waals surface area (Å²) in [6.45, 7) is 8.21. The van der Waals surface area contributed by atoms with Gasteiger partial charge in [-0.25, -0.2) is 0 Å². The molecule has 23 heavy (non-hydrogen) atoms. The summed E-state index contributed by atoms with van der Waals surface area (Å²) in [6, 6.07) is 7.93. The lowest BCUT2D eigenvalue weighted by Gasteiger charge is -2.32. The van der Waals surface area contributed by atoms with Gasteiger partial charge < -0.3 is 14.0 Å². The number of rotatable bonds is 3. The summed E-state index contributed by atoms with van der Waals surface area (Å²) in [6.07, 6.45) is 1.91. The third-order valence-electron chi connectivity index (χ3n) is 5.04. The molecule has 0 aliphatic carbocycles. The zero-order chi connectivity index (χ0) is 16.7. The zero-order valence-corrected chi connectivity index (χ0v) is 15.2. The summed E-state index contributed by atoms with van der Waals surface area (Å²) in [5.41, 5.74) is 0.343. The average molecular weight is 336 g/mol. The summed E-state index contributed by atoms with van der Waals surface area (Å²) >= 11 is 0. The van der Waals surface area contributed by atoms with Crippen LogP contribution in [0.4, 0.5) is 0 Å². The van der Waals surface area contributed by atoms with E-state index in [2.05, 4.69) is 27.7 Å². The second-order valence-corrected chi connectivity index (χ2v) is 9.02. The summed E-state index contributed by atoms with van der Waals surface area (Å²) in [7, 11) is -0.994. The predicted octanol–water partition coefficient (Wildman–Crippen LogP) is 2.28. The average Bonchev–Trinajstić information content (AvgIpc) is 2.71. The van der Waals surface area contributed by atoms with Crippen molar-refractivity contribution < 1.29 is 18.3 Å². The lowest BCUT2D eigenvalue weighted by molar-refractivity contribution is 0.00578. The lowest BCUT2D eigenvalue weighted by Crippen LogP contribution is -2.41. The Balaban J connectivity index is 1.63. The largest absolute Gasteiger partial charge is 0.494 e. The Morgan fingerprint density at radius 2 is 1.57 bits per heavy atom. The Morgan fingerprint density at radius 3 is 2.09 bits per heavy atom. The molecule has 0 aromatic heterocycles. The van der Waals surface area contributed by atoms with Gasteiger partial charge in [0.2, 0.25) is 0 Å². The van der Waals surface area contributed by atoms with Crippen molar-refractivity contribution in [2.45, 2.75) is 57.8 Å². The molecule has 1 aromatic carbocycles. The van der Waals surface area contributed by atoms with Crippen LogP contribution in [0.15, 0.2) is 24.3 Å². The maximum Gasteiger partial charge on any atom is 0.494 e. The van der Waals surface area contributed by atoms with E-state index in [1.807, 2.05) is 24.3 Å². The Kier molecular flexibility index (Phi) is 4.60. The molecule has 3 rings (SSSR count). The fourth-order valence-electron chi connectivity index (χ4n) is 2.77. The smallest absolute Gasteiger partial charge is 0.490 e. The van der Waals surface area contributed by atoms with Crippen LogP contribution < -0.4 is 10.2 Å². The van der Waals surface area contributed by atoms with Crippen LogP contribution in [0.5, 0.6) is 5.75 Å². The van der Waals surface area contributed by atoms with Crippen LogP contribution in [0.1, 0.15) is 40.5 Å². The van der Waals surface area contributed by atoms with Crippen molar-refractivity contribution in [3.63, 3.8) is 0 Å². The molecule has 2 aliphatic rings. The third kappa shape index (κ3) is 3.64. The van der Waals surface area contributed by atoms with Crippen LogP contribution in [0.25, 0.3) is 0 Å². The molecule has 1 aromatic rings. The number of hydrogen-bond donors (Lipinski definition) is 0. The topological polar surface area (TPSA) is 44.8 Å². The molecule has 2 saturated heterocycles. The van der Waals surface area contributed by atoms with E-state index in [-0.39, 0.29) is 24.4 Å². The molecular weight excluding hydrogens is 311 g/mol. The highest BCUT2D eigenvalue weighted by atomic mass is 32.2. The normalized spacial score (nSPS) is 29.5. The van der Waals surface area contributed by atoms with Crippen molar-refractivity contribution in [3.8, 4) is 5.75 Å². The first-order valence-electron chi connectivity index (χ1n) is 8.24. The van der Waals surface area contributed by atoms with Gasteiger partial charge in [-0.1, -0.05) is 12.1 Å². The van der Waals surface area contributed by atoms with Crippen molar-refractivity contribution in [1.29, 1.82) is 0 Å². The second kappa shape index (κ2) is 6.23. The van der Waals surface area contributed by atoms with Gasteiger partial charge in [0, 0.05) is 22.3 Å². The van der Waals surface area contributed by atoms with E-state index in [0.29, 0.717) is 0 Å². The van der Waals surface area contributed by atoms with Crippen molar-refractivity contribution in [2.75, 3.05) is 11.5 Å². The minimum absolute atomic E-state index is 0.176. The van der Waals surface area contributed by atoms with E-state index >= 15 is 0 Å². The molecule has 0 amide bonds. The molecule has 0 N–H and O–H groups in total. The van der Waals surface area contributed by atoms with Crippen LogP contribution in [0.3, 0.4) is 0 Å². The van der Waals surface area contributed by atoms with Gasteiger partial charge in [0.1, 0.15) is 11.9 Å². The van der Waals surface area contributed by atoms with E-state index in [9.17, 15) is 4.21 Å². The Morgan fingerprint density at radius 1 is 1.04 bits per heavy atom.